The second-order valence-electron chi connectivity index (χ2n) is 5.76. The molecule has 0 aromatic carbocycles. The smallest absolute Gasteiger partial charge is 0.303 e. The van der Waals surface area contributed by atoms with Gasteiger partial charge in [-0.25, -0.2) is 0 Å². The molecule has 0 spiro atoms. The van der Waals surface area contributed by atoms with Crippen molar-refractivity contribution < 1.29 is 9.90 Å². The summed E-state index contributed by atoms with van der Waals surface area (Å²) in [6.45, 7) is 2.24. The zero-order chi connectivity index (χ0) is 16.3. The van der Waals surface area contributed by atoms with Crippen LogP contribution in [0, 0.1) is 0 Å². The van der Waals surface area contributed by atoms with E-state index in [1.807, 2.05) is 0 Å². The molecule has 0 aliphatic carbocycles. The van der Waals surface area contributed by atoms with Crippen molar-refractivity contribution in [3.8, 4) is 0 Å². The Balaban J connectivity index is 3.30. The molecule has 0 aliphatic heterocycles. The van der Waals surface area contributed by atoms with Gasteiger partial charge in [0.1, 0.15) is 0 Å². The lowest BCUT2D eigenvalue weighted by molar-refractivity contribution is -0.137. The van der Waals surface area contributed by atoms with Gasteiger partial charge in [0.2, 0.25) is 0 Å². The Morgan fingerprint density at radius 3 is 2.14 bits per heavy atom. The van der Waals surface area contributed by atoms with E-state index in [4.69, 9.17) is 5.11 Å². The Labute approximate surface area is 137 Å². The summed E-state index contributed by atoms with van der Waals surface area (Å²) in [7, 11) is 0. The lowest BCUT2D eigenvalue weighted by atomic mass is 10.1. The second kappa shape index (κ2) is 17.7. The minimum Gasteiger partial charge on any atom is -0.481 e. The number of allylic oxidation sites excluding steroid dienone is 6. The molecule has 0 atom stereocenters. The molecule has 0 saturated heterocycles. The third kappa shape index (κ3) is 18.7. The number of carboxylic acids is 1. The molecule has 2 nitrogen and oxygen atoms in total. The third-order valence-electron chi connectivity index (χ3n) is 3.56. The second-order valence-corrected chi connectivity index (χ2v) is 5.76. The highest BCUT2D eigenvalue weighted by atomic mass is 16.4. The van der Waals surface area contributed by atoms with Crippen LogP contribution in [0.1, 0.15) is 84.0 Å². The Kier molecular flexibility index (Phi) is 16.7. The van der Waals surface area contributed by atoms with Crippen molar-refractivity contribution >= 4 is 5.97 Å². The summed E-state index contributed by atoms with van der Waals surface area (Å²) in [4.78, 5) is 10.3. The normalized spacial score (nSPS) is 12.0. The van der Waals surface area contributed by atoms with E-state index in [0.29, 0.717) is 6.42 Å². The van der Waals surface area contributed by atoms with Crippen LogP contribution in [0.15, 0.2) is 36.5 Å². The molecule has 0 saturated carbocycles. The lowest BCUT2D eigenvalue weighted by Crippen LogP contribution is -1.93. The van der Waals surface area contributed by atoms with E-state index in [2.05, 4.69) is 43.4 Å². The number of unbranched alkanes of at least 4 members (excludes halogenated alkanes) is 8. The molecule has 126 valence electrons. The fourth-order valence-corrected chi connectivity index (χ4v) is 2.21. The highest BCUT2D eigenvalue weighted by molar-refractivity contribution is 5.66. The van der Waals surface area contributed by atoms with Gasteiger partial charge in [0.15, 0.2) is 0 Å². The van der Waals surface area contributed by atoms with Crippen molar-refractivity contribution in [3.63, 3.8) is 0 Å². The molecule has 0 aliphatic rings. The summed E-state index contributed by atoms with van der Waals surface area (Å²) in [5.74, 6) is -0.679. The van der Waals surface area contributed by atoms with Crippen molar-refractivity contribution in [2.45, 2.75) is 84.0 Å². The highest BCUT2D eigenvalue weighted by Crippen LogP contribution is 2.06. The van der Waals surface area contributed by atoms with Gasteiger partial charge in [-0.3, -0.25) is 4.79 Å². The van der Waals surface area contributed by atoms with Crippen LogP contribution < -0.4 is 0 Å². The maximum atomic E-state index is 10.3. The average molecular weight is 306 g/mol. The summed E-state index contributed by atoms with van der Waals surface area (Å²) in [6.07, 6.45) is 26.3. The molecule has 0 rings (SSSR count). The van der Waals surface area contributed by atoms with Crippen LogP contribution >= 0.6 is 0 Å². The fourth-order valence-electron chi connectivity index (χ4n) is 2.21. The molecule has 22 heavy (non-hydrogen) atoms. The molecule has 0 amide bonds. The van der Waals surface area contributed by atoms with E-state index in [1.54, 1.807) is 0 Å². The average Bonchev–Trinajstić information content (AvgIpc) is 2.50. The van der Waals surface area contributed by atoms with Gasteiger partial charge < -0.3 is 5.11 Å². The first kappa shape index (κ1) is 20.7. The predicted octanol–water partition coefficient (Wildman–Crippen LogP) is 6.44. The number of hydrogen-bond acceptors (Lipinski definition) is 1. The number of hydrogen-bond donors (Lipinski definition) is 1. The van der Waals surface area contributed by atoms with E-state index in [0.717, 1.165) is 38.5 Å². The number of carbonyl (C=O) groups is 1. The zero-order valence-electron chi connectivity index (χ0n) is 14.3. The van der Waals surface area contributed by atoms with Gasteiger partial charge in [0.05, 0.1) is 0 Å². The third-order valence-corrected chi connectivity index (χ3v) is 3.56. The fraction of sp³-hybridized carbons (Fsp3) is 0.650. The van der Waals surface area contributed by atoms with Crippen molar-refractivity contribution in [2.75, 3.05) is 0 Å². The first-order valence-corrected chi connectivity index (χ1v) is 8.95. The molecular weight excluding hydrogens is 272 g/mol. The summed E-state index contributed by atoms with van der Waals surface area (Å²) >= 11 is 0. The van der Waals surface area contributed by atoms with E-state index in [1.165, 1.54) is 32.1 Å². The Morgan fingerprint density at radius 1 is 0.773 bits per heavy atom. The zero-order valence-corrected chi connectivity index (χ0v) is 14.3. The largest absolute Gasteiger partial charge is 0.481 e. The Bertz CT molecular complexity index is 327. The van der Waals surface area contributed by atoms with Crippen LogP contribution in [0.25, 0.3) is 0 Å². The van der Waals surface area contributed by atoms with Gasteiger partial charge in [0, 0.05) is 6.42 Å². The van der Waals surface area contributed by atoms with Gasteiger partial charge in [0.25, 0.3) is 0 Å². The number of carboxylic acid groups (broad SMARTS) is 1. The SMILES string of the molecule is CCCCCC/C=C/C=C\C/C=C/CCCCCCC(=O)O. The van der Waals surface area contributed by atoms with Crippen molar-refractivity contribution in [1.29, 1.82) is 0 Å². The minimum atomic E-state index is -0.679. The molecular formula is C20H34O2. The summed E-state index contributed by atoms with van der Waals surface area (Å²) in [5, 5.41) is 8.52. The molecule has 0 radical (unpaired) electrons. The maximum Gasteiger partial charge on any atom is 0.303 e. The molecule has 0 unspecified atom stereocenters. The molecule has 0 aromatic rings. The van der Waals surface area contributed by atoms with Crippen molar-refractivity contribution in [3.05, 3.63) is 36.5 Å². The first-order chi connectivity index (χ1) is 10.8. The van der Waals surface area contributed by atoms with E-state index < -0.39 is 5.97 Å². The topological polar surface area (TPSA) is 37.3 Å². The molecule has 0 bridgehead atoms. The molecule has 1 N–H and O–H groups in total. The predicted molar refractivity (Wildman–Crippen MR) is 96.1 cm³/mol. The summed E-state index contributed by atoms with van der Waals surface area (Å²) in [6, 6.07) is 0. The molecule has 2 heteroatoms. The van der Waals surface area contributed by atoms with Crippen LogP contribution in [0.3, 0.4) is 0 Å². The van der Waals surface area contributed by atoms with Crippen LogP contribution in [0.5, 0.6) is 0 Å². The van der Waals surface area contributed by atoms with E-state index in [-0.39, 0.29) is 0 Å². The van der Waals surface area contributed by atoms with E-state index >= 15 is 0 Å². The van der Waals surface area contributed by atoms with Gasteiger partial charge in [-0.2, -0.15) is 0 Å². The van der Waals surface area contributed by atoms with Crippen LogP contribution in [0.2, 0.25) is 0 Å². The van der Waals surface area contributed by atoms with Gasteiger partial charge in [-0.15, -0.1) is 0 Å². The standard InChI is InChI=1S/C20H34O2/c1-2-3-4-5-6-7-8-9-10-11-12-13-14-15-16-17-18-19-20(21)22/h7-10,12-13H,2-6,11,14-19H2,1H3,(H,21,22)/b8-7+,10-9-,13-12+. The summed E-state index contributed by atoms with van der Waals surface area (Å²) < 4.78 is 0. The minimum absolute atomic E-state index is 0.312. The van der Waals surface area contributed by atoms with Crippen LogP contribution in [0.4, 0.5) is 0 Å². The van der Waals surface area contributed by atoms with Crippen molar-refractivity contribution in [1.82, 2.24) is 0 Å². The first-order valence-electron chi connectivity index (χ1n) is 8.95. The Hall–Kier alpha value is -1.31. The van der Waals surface area contributed by atoms with E-state index in [9.17, 15) is 4.79 Å². The van der Waals surface area contributed by atoms with Gasteiger partial charge in [-0.1, -0.05) is 75.5 Å². The number of aliphatic carboxylic acids is 1. The summed E-state index contributed by atoms with van der Waals surface area (Å²) in [5.41, 5.74) is 0. The Morgan fingerprint density at radius 2 is 1.41 bits per heavy atom. The monoisotopic (exact) mass is 306 g/mol. The maximum absolute atomic E-state index is 10.3. The molecule has 0 heterocycles. The van der Waals surface area contributed by atoms with Gasteiger partial charge >= 0.3 is 5.97 Å². The quantitative estimate of drug-likeness (QED) is 0.215. The van der Waals surface area contributed by atoms with Crippen LogP contribution in [-0.4, -0.2) is 11.1 Å². The molecule has 0 fully saturated rings. The molecule has 0 aromatic heterocycles. The highest BCUT2D eigenvalue weighted by Gasteiger charge is 1.95. The van der Waals surface area contributed by atoms with Gasteiger partial charge in [-0.05, 0) is 38.5 Å². The lowest BCUT2D eigenvalue weighted by Gasteiger charge is -1.96. The number of rotatable bonds is 15. The van der Waals surface area contributed by atoms with Crippen molar-refractivity contribution in [2.24, 2.45) is 0 Å². The van der Waals surface area contributed by atoms with Crippen LogP contribution in [-0.2, 0) is 4.79 Å².